The van der Waals surface area contributed by atoms with Crippen LogP contribution in [0.25, 0.3) is 0 Å². The molecule has 2 fully saturated rings. The smallest absolute Gasteiger partial charge is 0.0620 e. The molecule has 1 N–H and O–H groups in total. The second-order valence-corrected chi connectivity index (χ2v) is 5.93. The summed E-state index contributed by atoms with van der Waals surface area (Å²) in [6.45, 7) is 8.70. The molecule has 3 nitrogen and oxygen atoms in total. The van der Waals surface area contributed by atoms with Gasteiger partial charge < -0.3 is 10.1 Å². The van der Waals surface area contributed by atoms with Crippen molar-refractivity contribution in [3.63, 3.8) is 0 Å². The lowest BCUT2D eigenvalue weighted by molar-refractivity contribution is 0.0513. The van der Waals surface area contributed by atoms with E-state index in [4.69, 9.17) is 4.74 Å². The predicted molar refractivity (Wildman–Crippen MR) is 75.9 cm³/mol. The largest absolute Gasteiger partial charge is 0.379 e. The summed E-state index contributed by atoms with van der Waals surface area (Å²) in [5.74, 6) is 0. The number of nitrogens with one attached hydrogen (secondary N) is 1. The van der Waals surface area contributed by atoms with Crippen LogP contribution < -0.4 is 5.32 Å². The molecule has 0 radical (unpaired) electrons. The molecule has 2 unspecified atom stereocenters. The molecule has 2 aliphatic rings. The first kappa shape index (κ1) is 14.3. The van der Waals surface area contributed by atoms with Crippen molar-refractivity contribution in [1.29, 1.82) is 0 Å². The molecule has 18 heavy (non-hydrogen) atoms. The van der Waals surface area contributed by atoms with E-state index in [0.717, 1.165) is 25.8 Å². The molecule has 0 bridgehead atoms. The summed E-state index contributed by atoms with van der Waals surface area (Å²) in [7, 11) is 0. The molecular weight excluding hydrogens is 224 g/mol. The molecular formula is C15H30N2O. The van der Waals surface area contributed by atoms with E-state index < -0.39 is 0 Å². The molecule has 1 aliphatic heterocycles. The summed E-state index contributed by atoms with van der Waals surface area (Å²) >= 11 is 0. The van der Waals surface area contributed by atoms with Crippen molar-refractivity contribution >= 4 is 0 Å². The maximum Gasteiger partial charge on any atom is 0.0620 e. The minimum Gasteiger partial charge on any atom is -0.379 e. The molecule has 1 saturated carbocycles. The van der Waals surface area contributed by atoms with E-state index in [9.17, 15) is 0 Å². The molecule has 0 amide bonds. The van der Waals surface area contributed by atoms with Crippen molar-refractivity contribution in [3.05, 3.63) is 0 Å². The van der Waals surface area contributed by atoms with Gasteiger partial charge in [0, 0.05) is 24.7 Å². The first-order valence-electron chi connectivity index (χ1n) is 7.88. The minimum atomic E-state index is 0.561. The highest BCUT2D eigenvalue weighted by atomic mass is 16.5. The van der Waals surface area contributed by atoms with Gasteiger partial charge >= 0.3 is 0 Å². The summed E-state index contributed by atoms with van der Waals surface area (Å²) in [6.07, 6.45) is 8.35. The standard InChI is InChI=1S/C15H30N2O/c1-3-17(15-7-5-4-6-8-15)13(2)11-14-12-18-10-9-16-14/h13-16H,3-12H2,1-2H3. The number of morpholine rings is 1. The van der Waals surface area contributed by atoms with E-state index in [1.54, 1.807) is 0 Å². The topological polar surface area (TPSA) is 24.5 Å². The van der Waals surface area contributed by atoms with Crippen molar-refractivity contribution < 1.29 is 4.74 Å². The van der Waals surface area contributed by atoms with Gasteiger partial charge in [0.1, 0.15) is 0 Å². The highest BCUT2D eigenvalue weighted by Crippen LogP contribution is 2.25. The molecule has 106 valence electrons. The molecule has 2 atom stereocenters. The number of ether oxygens (including phenoxy) is 1. The van der Waals surface area contributed by atoms with E-state index in [2.05, 4.69) is 24.1 Å². The lowest BCUT2D eigenvalue weighted by atomic mass is 9.92. The molecule has 1 saturated heterocycles. The Labute approximate surface area is 112 Å². The Morgan fingerprint density at radius 1 is 1.28 bits per heavy atom. The first-order chi connectivity index (χ1) is 8.81. The third-order valence-electron chi connectivity index (χ3n) is 4.60. The lowest BCUT2D eigenvalue weighted by Crippen LogP contribution is -2.48. The maximum atomic E-state index is 5.56. The monoisotopic (exact) mass is 254 g/mol. The Hall–Kier alpha value is -0.120. The molecule has 2 rings (SSSR count). The lowest BCUT2D eigenvalue weighted by Gasteiger charge is -2.39. The van der Waals surface area contributed by atoms with Gasteiger partial charge in [-0.05, 0) is 32.7 Å². The summed E-state index contributed by atoms with van der Waals surface area (Å²) < 4.78 is 5.56. The zero-order valence-electron chi connectivity index (χ0n) is 12.2. The zero-order chi connectivity index (χ0) is 12.8. The van der Waals surface area contributed by atoms with Gasteiger partial charge in [0.05, 0.1) is 13.2 Å². The average molecular weight is 254 g/mol. The molecule has 0 aromatic carbocycles. The Balaban J connectivity index is 1.81. The van der Waals surface area contributed by atoms with Gasteiger partial charge in [0.25, 0.3) is 0 Å². The van der Waals surface area contributed by atoms with Crippen molar-refractivity contribution in [2.45, 2.75) is 70.5 Å². The van der Waals surface area contributed by atoms with E-state index >= 15 is 0 Å². The number of rotatable bonds is 5. The second-order valence-electron chi connectivity index (χ2n) is 5.93. The molecule has 0 spiro atoms. The average Bonchev–Trinajstić information content (AvgIpc) is 2.42. The van der Waals surface area contributed by atoms with Gasteiger partial charge in [-0.15, -0.1) is 0 Å². The van der Waals surface area contributed by atoms with Crippen LogP contribution in [0.5, 0.6) is 0 Å². The summed E-state index contributed by atoms with van der Waals surface area (Å²) in [5, 5.41) is 3.58. The van der Waals surface area contributed by atoms with Crippen LogP contribution >= 0.6 is 0 Å². The minimum absolute atomic E-state index is 0.561. The quantitative estimate of drug-likeness (QED) is 0.815. The van der Waals surface area contributed by atoms with Crippen LogP contribution in [0.3, 0.4) is 0 Å². The summed E-state index contributed by atoms with van der Waals surface area (Å²) in [4.78, 5) is 2.73. The van der Waals surface area contributed by atoms with Gasteiger partial charge in [0.15, 0.2) is 0 Å². The summed E-state index contributed by atoms with van der Waals surface area (Å²) in [6, 6.07) is 2.08. The fourth-order valence-electron chi connectivity index (χ4n) is 3.66. The van der Waals surface area contributed by atoms with Gasteiger partial charge in [-0.1, -0.05) is 26.2 Å². The van der Waals surface area contributed by atoms with E-state index in [-0.39, 0.29) is 0 Å². The highest BCUT2D eigenvalue weighted by Gasteiger charge is 2.26. The van der Waals surface area contributed by atoms with E-state index in [0.29, 0.717) is 12.1 Å². The van der Waals surface area contributed by atoms with Crippen LogP contribution in [0, 0.1) is 0 Å². The maximum absolute atomic E-state index is 5.56. The van der Waals surface area contributed by atoms with Crippen LogP contribution in [0.1, 0.15) is 52.4 Å². The van der Waals surface area contributed by atoms with Crippen LogP contribution in [-0.2, 0) is 4.74 Å². The SMILES string of the molecule is CCN(C(C)CC1COCCN1)C1CCCCC1. The van der Waals surface area contributed by atoms with Crippen molar-refractivity contribution in [2.24, 2.45) is 0 Å². The van der Waals surface area contributed by atoms with Crippen LogP contribution in [0.4, 0.5) is 0 Å². The molecule has 1 aliphatic carbocycles. The Kier molecular flexibility index (Phi) is 5.93. The molecule has 0 aromatic heterocycles. The van der Waals surface area contributed by atoms with E-state index in [1.165, 1.54) is 45.1 Å². The van der Waals surface area contributed by atoms with Gasteiger partial charge in [-0.25, -0.2) is 0 Å². The van der Waals surface area contributed by atoms with Crippen molar-refractivity contribution in [1.82, 2.24) is 10.2 Å². The van der Waals surface area contributed by atoms with Crippen LogP contribution in [0.15, 0.2) is 0 Å². The third kappa shape index (κ3) is 3.94. The normalized spacial score (nSPS) is 28.5. The molecule has 3 heteroatoms. The Bertz CT molecular complexity index is 223. The van der Waals surface area contributed by atoms with E-state index in [1.807, 2.05) is 0 Å². The van der Waals surface area contributed by atoms with Gasteiger partial charge in [-0.3, -0.25) is 4.90 Å². The first-order valence-corrected chi connectivity index (χ1v) is 7.88. The van der Waals surface area contributed by atoms with Gasteiger partial charge in [-0.2, -0.15) is 0 Å². The van der Waals surface area contributed by atoms with Crippen LogP contribution in [0.2, 0.25) is 0 Å². The Morgan fingerprint density at radius 2 is 2.06 bits per heavy atom. The number of hydrogen-bond donors (Lipinski definition) is 1. The second kappa shape index (κ2) is 7.46. The van der Waals surface area contributed by atoms with Gasteiger partial charge in [0.2, 0.25) is 0 Å². The van der Waals surface area contributed by atoms with Crippen molar-refractivity contribution in [2.75, 3.05) is 26.3 Å². The van der Waals surface area contributed by atoms with Crippen molar-refractivity contribution in [3.8, 4) is 0 Å². The zero-order valence-corrected chi connectivity index (χ0v) is 12.2. The predicted octanol–water partition coefficient (Wildman–Crippen LogP) is 2.41. The van der Waals surface area contributed by atoms with Crippen LogP contribution in [-0.4, -0.2) is 49.3 Å². The number of hydrogen-bond acceptors (Lipinski definition) is 3. The third-order valence-corrected chi connectivity index (χ3v) is 4.60. The highest BCUT2D eigenvalue weighted by molar-refractivity contribution is 4.83. The Morgan fingerprint density at radius 3 is 2.67 bits per heavy atom. The number of nitrogens with zero attached hydrogens (tertiary/aromatic N) is 1. The fourth-order valence-corrected chi connectivity index (χ4v) is 3.66. The summed E-state index contributed by atoms with van der Waals surface area (Å²) in [5.41, 5.74) is 0. The molecule has 1 heterocycles. The molecule has 0 aromatic rings. The fraction of sp³-hybridized carbons (Fsp3) is 1.00.